The third kappa shape index (κ3) is 1.32. The van der Waals surface area contributed by atoms with Crippen molar-refractivity contribution in [3.05, 3.63) is 0 Å². The number of nitrogens with one attached hydrogen (secondary N) is 1. The Morgan fingerprint density at radius 2 is 1.87 bits per heavy atom. The molecule has 2 atom stereocenters. The van der Waals surface area contributed by atoms with E-state index >= 15 is 0 Å². The first-order valence-corrected chi connectivity index (χ1v) is 5.90. The second-order valence-corrected chi connectivity index (χ2v) is 5.71. The summed E-state index contributed by atoms with van der Waals surface area (Å²) >= 11 is 0. The molecule has 4 aliphatic rings. The maximum atomic E-state index is 11.9. The summed E-state index contributed by atoms with van der Waals surface area (Å²) in [4.78, 5) is 23.1. The molecule has 0 spiro atoms. The maximum absolute atomic E-state index is 11.9. The molecule has 0 aliphatic heterocycles. The van der Waals surface area contributed by atoms with E-state index in [4.69, 9.17) is 0 Å². The predicted molar refractivity (Wildman–Crippen MR) is 55.1 cm³/mol. The average molecular weight is 207 g/mol. The van der Waals surface area contributed by atoms with Gasteiger partial charge in [0.25, 0.3) is 0 Å². The summed E-state index contributed by atoms with van der Waals surface area (Å²) in [5.74, 6) is 1.73. The fraction of sp³-hybridized carbons (Fsp3) is 0.833. The first-order valence-electron chi connectivity index (χ1n) is 5.90. The van der Waals surface area contributed by atoms with Crippen LogP contribution in [-0.4, -0.2) is 17.2 Å². The van der Waals surface area contributed by atoms with Crippen LogP contribution in [0.4, 0.5) is 0 Å². The smallest absolute Gasteiger partial charge is 0.217 e. The van der Waals surface area contributed by atoms with Crippen LogP contribution < -0.4 is 5.32 Å². The van der Waals surface area contributed by atoms with Crippen molar-refractivity contribution >= 4 is 11.7 Å². The highest BCUT2D eigenvalue weighted by molar-refractivity contribution is 5.86. The summed E-state index contributed by atoms with van der Waals surface area (Å²) in [6.45, 7) is 1.58. The largest absolute Gasteiger partial charge is 0.351 e. The zero-order chi connectivity index (χ0) is 10.6. The number of carbonyl (C=O) groups is 2. The van der Waals surface area contributed by atoms with Crippen molar-refractivity contribution in [3.63, 3.8) is 0 Å². The SMILES string of the molecule is CC(=O)NC12CC3CC(C1)C(=O)C(C3)C2. The molecule has 0 aromatic rings. The highest BCUT2D eigenvalue weighted by Crippen LogP contribution is 2.53. The zero-order valence-corrected chi connectivity index (χ0v) is 9.08. The molecule has 0 radical (unpaired) electrons. The lowest BCUT2D eigenvalue weighted by molar-refractivity contribution is -0.145. The van der Waals surface area contributed by atoms with Gasteiger partial charge in [0.1, 0.15) is 5.78 Å². The van der Waals surface area contributed by atoms with Gasteiger partial charge in [-0.2, -0.15) is 0 Å². The third-order valence-electron chi connectivity index (χ3n) is 4.44. The molecule has 4 saturated carbocycles. The van der Waals surface area contributed by atoms with E-state index in [-0.39, 0.29) is 23.3 Å². The molecule has 3 heteroatoms. The van der Waals surface area contributed by atoms with Crippen molar-refractivity contribution in [3.8, 4) is 0 Å². The molecule has 4 aliphatic carbocycles. The molecular weight excluding hydrogens is 190 g/mol. The molecule has 1 N–H and O–H groups in total. The normalized spacial score (nSPS) is 47.0. The van der Waals surface area contributed by atoms with Crippen molar-refractivity contribution in [2.45, 2.75) is 44.6 Å². The molecule has 2 unspecified atom stereocenters. The van der Waals surface area contributed by atoms with E-state index in [9.17, 15) is 9.59 Å². The monoisotopic (exact) mass is 207 g/mol. The van der Waals surface area contributed by atoms with Crippen LogP contribution in [0.25, 0.3) is 0 Å². The van der Waals surface area contributed by atoms with Gasteiger partial charge in [0.2, 0.25) is 5.91 Å². The minimum atomic E-state index is -0.0176. The second-order valence-electron chi connectivity index (χ2n) is 5.71. The summed E-state index contributed by atoms with van der Waals surface area (Å²) in [6.07, 6.45) is 5.07. The van der Waals surface area contributed by atoms with Crippen LogP contribution in [0.15, 0.2) is 0 Å². The number of Topliss-reactive ketones (excluding diaryl/α,β-unsaturated/α-hetero) is 1. The Labute approximate surface area is 89.6 Å². The van der Waals surface area contributed by atoms with Crippen LogP contribution in [0.3, 0.4) is 0 Å². The second kappa shape index (κ2) is 2.83. The van der Waals surface area contributed by atoms with E-state index in [0.717, 1.165) is 32.1 Å². The summed E-state index contributed by atoms with van der Waals surface area (Å²) in [7, 11) is 0. The maximum Gasteiger partial charge on any atom is 0.217 e. The van der Waals surface area contributed by atoms with E-state index in [2.05, 4.69) is 5.32 Å². The summed E-state index contributed by atoms with van der Waals surface area (Å²) in [5, 5.41) is 3.12. The van der Waals surface area contributed by atoms with Crippen LogP contribution in [-0.2, 0) is 9.59 Å². The first kappa shape index (κ1) is 9.37. The van der Waals surface area contributed by atoms with Crippen molar-refractivity contribution in [2.24, 2.45) is 17.8 Å². The molecule has 4 rings (SSSR count). The van der Waals surface area contributed by atoms with Gasteiger partial charge in [-0.1, -0.05) is 0 Å². The van der Waals surface area contributed by atoms with E-state index in [1.54, 1.807) is 6.92 Å². The highest BCUT2D eigenvalue weighted by Gasteiger charge is 2.55. The Morgan fingerprint density at radius 3 is 2.40 bits per heavy atom. The van der Waals surface area contributed by atoms with Gasteiger partial charge in [-0.05, 0) is 38.0 Å². The molecule has 4 bridgehead atoms. The van der Waals surface area contributed by atoms with Crippen molar-refractivity contribution in [1.82, 2.24) is 5.32 Å². The quantitative estimate of drug-likeness (QED) is 0.703. The number of carbonyl (C=O) groups excluding carboxylic acids is 2. The molecule has 3 nitrogen and oxygen atoms in total. The van der Waals surface area contributed by atoms with Gasteiger partial charge in [0.05, 0.1) is 0 Å². The van der Waals surface area contributed by atoms with Gasteiger partial charge in [0, 0.05) is 24.3 Å². The van der Waals surface area contributed by atoms with Crippen LogP contribution in [0, 0.1) is 17.8 Å². The Bertz CT molecular complexity index is 319. The Morgan fingerprint density at radius 1 is 1.27 bits per heavy atom. The van der Waals surface area contributed by atoms with Gasteiger partial charge in [-0.15, -0.1) is 0 Å². The van der Waals surface area contributed by atoms with Gasteiger partial charge in [0.15, 0.2) is 0 Å². The first-order chi connectivity index (χ1) is 7.08. The fourth-order valence-corrected chi connectivity index (χ4v) is 4.27. The molecule has 15 heavy (non-hydrogen) atoms. The van der Waals surface area contributed by atoms with E-state index < -0.39 is 0 Å². The molecule has 0 heterocycles. The topological polar surface area (TPSA) is 46.2 Å². The third-order valence-corrected chi connectivity index (χ3v) is 4.44. The Balaban J connectivity index is 1.89. The van der Waals surface area contributed by atoms with E-state index in [0.29, 0.717) is 11.7 Å². The molecular formula is C12H17NO2. The molecule has 0 saturated heterocycles. The molecule has 82 valence electrons. The van der Waals surface area contributed by atoms with Gasteiger partial charge in [-0.3, -0.25) is 9.59 Å². The number of hydrogen-bond acceptors (Lipinski definition) is 2. The van der Waals surface area contributed by atoms with Crippen molar-refractivity contribution in [1.29, 1.82) is 0 Å². The standard InChI is InChI=1S/C12H17NO2/c1-7(14)13-12-4-8-2-9(5-12)11(15)10(3-8)6-12/h8-10H,2-6H2,1H3,(H,13,14). The molecule has 1 amide bonds. The minimum absolute atomic E-state index is 0.0176. The molecule has 0 aromatic heterocycles. The summed E-state index contributed by atoms with van der Waals surface area (Å²) in [6, 6.07) is 0. The number of hydrogen-bond donors (Lipinski definition) is 1. The Kier molecular flexibility index (Phi) is 1.77. The van der Waals surface area contributed by atoms with Gasteiger partial charge in [-0.25, -0.2) is 0 Å². The average Bonchev–Trinajstić information content (AvgIpc) is 2.10. The number of ketones is 1. The van der Waals surface area contributed by atoms with Crippen LogP contribution in [0.5, 0.6) is 0 Å². The lowest BCUT2D eigenvalue weighted by Gasteiger charge is -2.55. The van der Waals surface area contributed by atoms with E-state index in [1.165, 1.54) is 0 Å². The van der Waals surface area contributed by atoms with Crippen molar-refractivity contribution < 1.29 is 9.59 Å². The summed E-state index contributed by atoms with van der Waals surface area (Å²) < 4.78 is 0. The summed E-state index contributed by atoms with van der Waals surface area (Å²) in [5.41, 5.74) is -0.0176. The van der Waals surface area contributed by atoms with Gasteiger partial charge < -0.3 is 5.32 Å². The number of rotatable bonds is 1. The highest BCUT2D eigenvalue weighted by atomic mass is 16.1. The van der Waals surface area contributed by atoms with Crippen LogP contribution in [0.1, 0.15) is 39.0 Å². The lowest BCUT2D eigenvalue weighted by atomic mass is 9.52. The minimum Gasteiger partial charge on any atom is -0.351 e. The zero-order valence-electron chi connectivity index (χ0n) is 9.08. The number of amides is 1. The van der Waals surface area contributed by atoms with Crippen LogP contribution in [0.2, 0.25) is 0 Å². The van der Waals surface area contributed by atoms with E-state index in [1.807, 2.05) is 0 Å². The molecule has 0 aromatic carbocycles. The van der Waals surface area contributed by atoms with Gasteiger partial charge >= 0.3 is 0 Å². The molecule has 4 fully saturated rings. The van der Waals surface area contributed by atoms with Crippen molar-refractivity contribution in [2.75, 3.05) is 0 Å². The lowest BCUT2D eigenvalue weighted by Crippen LogP contribution is -2.62. The predicted octanol–water partition coefficient (Wildman–Crippen LogP) is 1.27. The van der Waals surface area contributed by atoms with Crippen LogP contribution >= 0.6 is 0 Å². The fourth-order valence-electron chi connectivity index (χ4n) is 4.27. The Hall–Kier alpha value is -0.860.